The zero-order valence-electron chi connectivity index (χ0n) is 20.5. The first-order valence-corrected chi connectivity index (χ1v) is 13.3. The number of carbonyl (C=O) groups excluding carboxylic acids is 1. The van der Waals surface area contributed by atoms with Gasteiger partial charge in [-0.25, -0.2) is 8.42 Å². The van der Waals surface area contributed by atoms with E-state index in [0.29, 0.717) is 50.3 Å². The Morgan fingerprint density at radius 2 is 1.75 bits per heavy atom. The Labute approximate surface area is 209 Å². The number of benzene rings is 2. The number of nitrogens with zero attached hydrogens (tertiary/aromatic N) is 2. The van der Waals surface area contributed by atoms with Crippen molar-refractivity contribution in [2.24, 2.45) is 0 Å². The second-order valence-electron chi connectivity index (χ2n) is 9.40. The molecule has 36 heavy (non-hydrogen) atoms. The highest BCUT2D eigenvalue weighted by Gasteiger charge is 2.41. The number of aryl methyl sites for hydroxylation is 2. The predicted octanol–water partition coefficient (Wildman–Crippen LogP) is 2.95. The molecule has 2 saturated heterocycles. The molecule has 0 saturated carbocycles. The van der Waals surface area contributed by atoms with Crippen LogP contribution in [-0.2, 0) is 19.5 Å². The van der Waals surface area contributed by atoms with Gasteiger partial charge in [0.1, 0.15) is 5.56 Å². The van der Waals surface area contributed by atoms with E-state index in [9.17, 15) is 18.0 Å². The Hall–Kier alpha value is -3.21. The number of amides is 1. The molecule has 10 heteroatoms. The van der Waals surface area contributed by atoms with Crippen molar-refractivity contribution in [3.63, 3.8) is 0 Å². The number of ether oxygens (including phenoxy) is 2. The van der Waals surface area contributed by atoms with Crippen molar-refractivity contribution in [3.05, 3.63) is 69.5 Å². The van der Waals surface area contributed by atoms with Crippen LogP contribution in [0.4, 0.5) is 5.69 Å². The average molecular weight is 512 g/mol. The fourth-order valence-corrected chi connectivity index (χ4v) is 6.15. The summed E-state index contributed by atoms with van der Waals surface area (Å²) in [5.74, 6) is -1.02. The molecule has 0 bridgehead atoms. The molecule has 1 amide bonds. The number of fused-ring (bicyclic) bond motifs is 1. The van der Waals surface area contributed by atoms with Crippen LogP contribution in [0.3, 0.4) is 0 Å². The smallest absolute Gasteiger partial charge is 0.264 e. The third-order valence-electron chi connectivity index (χ3n) is 7.07. The molecule has 0 aliphatic carbocycles. The molecule has 2 aliphatic rings. The van der Waals surface area contributed by atoms with E-state index in [1.165, 1.54) is 29.7 Å². The molecule has 1 N–H and O–H groups in total. The van der Waals surface area contributed by atoms with Gasteiger partial charge in [-0.2, -0.15) is 0 Å². The number of H-pyrrole nitrogens is 1. The van der Waals surface area contributed by atoms with Crippen molar-refractivity contribution >= 4 is 32.5 Å². The second-order valence-corrected chi connectivity index (χ2v) is 11.4. The topological polar surface area (TPSA) is 109 Å². The van der Waals surface area contributed by atoms with E-state index in [2.05, 4.69) is 4.98 Å². The van der Waals surface area contributed by atoms with Crippen LogP contribution in [0.2, 0.25) is 0 Å². The quantitative estimate of drug-likeness (QED) is 0.577. The summed E-state index contributed by atoms with van der Waals surface area (Å²) in [6.45, 7) is 5.64. The van der Waals surface area contributed by atoms with Gasteiger partial charge >= 0.3 is 0 Å². The average Bonchev–Trinajstić information content (AvgIpc) is 3.33. The first-order valence-electron chi connectivity index (χ1n) is 11.9. The maximum atomic E-state index is 13.5. The molecule has 2 aliphatic heterocycles. The largest absolute Gasteiger partial charge is 0.360 e. The number of carbonyl (C=O) groups is 1. The van der Waals surface area contributed by atoms with Crippen LogP contribution in [-0.4, -0.2) is 63.3 Å². The fourth-order valence-electron chi connectivity index (χ4n) is 4.87. The van der Waals surface area contributed by atoms with Gasteiger partial charge in [0.05, 0.1) is 23.8 Å². The van der Waals surface area contributed by atoms with Crippen molar-refractivity contribution in [1.82, 2.24) is 9.88 Å². The molecule has 3 heterocycles. The van der Waals surface area contributed by atoms with Gasteiger partial charge < -0.3 is 19.4 Å². The van der Waals surface area contributed by atoms with Gasteiger partial charge in [0.2, 0.25) is 5.43 Å². The number of hydrogen-bond acceptors (Lipinski definition) is 6. The minimum Gasteiger partial charge on any atom is -0.360 e. The van der Waals surface area contributed by atoms with Gasteiger partial charge in [0.15, 0.2) is 5.79 Å². The summed E-state index contributed by atoms with van der Waals surface area (Å²) in [5, 5.41) is 0.146. The van der Waals surface area contributed by atoms with Crippen molar-refractivity contribution in [2.75, 3.05) is 37.7 Å². The maximum Gasteiger partial charge on any atom is 0.264 e. The Morgan fingerprint density at radius 3 is 2.44 bits per heavy atom. The number of pyridine rings is 1. The van der Waals surface area contributed by atoms with E-state index in [1.807, 2.05) is 32.0 Å². The molecule has 2 aromatic carbocycles. The highest BCUT2D eigenvalue weighted by atomic mass is 32.2. The molecule has 5 rings (SSSR count). The van der Waals surface area contributed by atoms with E-state index in [1.54, 1.807) is 11.0 Å². The van der Waals surface area contributed by atoms with Crippen LogP contribution in [0.25, 0.3) is 10.9 Å². The van der Waals surface area contributed by atoms with Crippen LogP contribution >= 0.6 is 0 Å². The summed E-state index contributed by atoms with van der Waals surface area (Å²) in [6.07, 6.45) is 2.48. The van der Waals surface area contributed by atoms with Crippen molar-refractivity contribution < 1.29 is 22.7 Å². The van der Waals surface area contributed by atoms with Crippen LogP contribution in [0, 0.1) is 13.8 Å². The summed E-state index contributed by atoms with van der Waals surface area (Å²) in [5.41, 5.74) is 2.24. The van der Waals surface area contributed by atoms with E-state index in [0.717, 1.165) is 11.1 Å². The first kappa shape index (κ1) is 24.5. The van der Waals surface area contributed by atoms with Gasteiger partial charge in [0.25, 0.3) is 15.9 Å². The lowest BCUT2D eigenvalue weighted by molar-refractivity contribution is -0.181. The molecule has 0 radical (unpaired) electrons. The molecule has 9 nitrogen and oxygen atoms in total. The lowest BCUT2D eigenvalue weighted by Crippen LogP contribution is -2.48. The number of aromatic amines is 1. The standard InChI is InChI=1S/C26H29N3O6S/c1-17-4-5-18(2)23(14-17)28(3)36(32,33)19-6-7-22-20(15-19)24(30)21(16-27-22)25(31)29-10-8-26(9-11-29)34-12-13-35-26/h4-7,14-16H,8-13H2,1-3H3,(H,27,30). The Bertz CT molecular complexity index is 1500. The molecular weight excluding hydrogens is 482 g/mol. The number of sulfonamides is 1. The van der Waals surface area contributed by atoms with Crippen LogP contribution in [0.15, 0.2) is 52.3 Å². The number of anilines is 1. The molecular formula is C26H29N3O6S. The molecule has 0 unspecified atom stereocenters. The second kappa shape index (κ2) is 9.02. The monoisotopic (exact) mass is 511 g/mol. The molecule has 190 valence electrons. The van der Waals surface area contributed by atoms with E-state index in [4.69, 9.17) is 9.47 Å². The lowest BCUT2D eigenvalue weighted by Gasteiger charge is -2.37. The van der Waals surface area contributed by atoms with Crippen LogP contribution in [0.1, 0.15) is 34.3 Å². The highest BCUT2D eigenvalue weighted by molar-refractivity contribution is 7.92. The maximum absolute atomic E-state index is 13.5. The SMILES string of the molecule is Cc1ccc(C)c(N(C)S(=O)(=O)c2ccc3[nH]cc(C(=O)N4CCC5(CC4)OCCO5)c(=O)c3c2)c1. The zero-order valence-corrected chi connectivity index (χ0v) is 21.4. The third-order valence-corrected chi connectivity index (χ3v) is 8.84. The van der Waals surface area contributed by atoms with E-state index in [-0.39, 0.29) is 15.8 Å². The van der Waals surface area contributed by atoms with Crippen LogP contribution < -0.4 is 9.73 Å². The van der Waals surface area contributed by atoms with Gasteiger partial charge in [-0.3, -0.25) is 13.9 Å². The van der Waals surface area contributed by atoms with Gasteiger partial charge in [-0.1, -0.05) is 12.1 Å². The van der Waals surface area contributed by atoms with Crippen molar-refractivity contribution in [2.45, 2.75) is 37.4 Å². The number of aromatic nitrogens is 1. The third kappa shape index (κ3) is 4.19. The normalized spacial score (nSPS) is 17.6. The number of likely N-dealkylation sites (tertiary alicyclic amines) is 1. The minimum absolute atomic E-state index is 0.0239. The van der Waals surface area contributed by atoms with Gasteiger partial charge in [-0.05, 0) is 49.2 Å². The summed E-state index contributed by atoms with van der Waals surface area (Å²) >= 11 is 0. The number of hydrogen-bond donors (Lipinski definition) is 1. The van der Waals surface area contributed by atoms with Crippen LogP contribution in [0.5, 0.6) is 0 Å². The Balaban J connectivity index is 1.46. The first-order chi connectivity index (χ1) is 17.1. The number of nitrogens with one attached hydrogen (secondary N) is 1. The lowest BCUT2D eigenvalue weighted by atomic mass is 10.0. The Kier molecular flexibility index (Phi) is 6.14. The number of piperidine rings is 1. The van der Waals surface area contributed by atoms with Gasteiger partial charge in [0, 0.05) is 50.1 Å². The molecule has 1 spiro atoms. The zero-order chi connectivity index (χ0) is 25.7. The van der Waals surface area contributed by atoms with E-state index < -0.39 is 27.1 Å². The Morgan fingerprint density at radius 1 is 1.06 bits per heavy atom. The summed E-state index contributed by atoms with van der Waals surface area (Å²) < 4.78 is 39.6. The molecule has 1 aromatic heterocycles. The molecule has 3 aromatic rings. The summed E-state index contributed by atoms with van der Waals surface area (Å²) in [6, 6.07) is 9.95. The van der Waals surface area contributed by atoms with Gasteiger partial charge in [-0.15, -0.1) is 0 Å². The van der Waals surface area contributed by atoms with Crippen molar-refractivity contribution in [3.8, 4) is 0 Å². The number of rotatable bonds is 4. The minimum atomic E-state index is -3.95. The van der Waals surface area contributed by atoms with Crippen molar-refractivity contribution in [1.29, 1.82) is 0 Å². The summed E-state index contributed by atoms with van der Waals surface area (Å²) in [7, 11) is -2.46. The predicted molar refractivity (Wildman–Crippen MR) is 136 cm³/mol. The molecule has 2 fully saturated rings. The fraction of sp³-hybridized carbons (Fsp3) is 0.385. The van der Waals surface area contributed by atoms with E-state index >= 15 is 0 Å². The molecule has 0 atom stereocenters. The highest BCUT2D eigenvalue weighted by Crippen LogP contribution is 2.32. The summed E-state index contributed by atoms with van der Waals surface area (Å²) in [4.78, 5) is 31.1.